The Bertz CT molecular complexity index is 1100. The molecule has 0 aromatic heterocycles. The van der Waals surface area contributed by atoms with Gasteiger partial charge in [-0.1, -0.05) is 12.1 Å². The first kappa shape index (κ1) is 21.4. The number of para-hydroxylation sites is 2. The maximum atomic E-state index is 12.9. The van der Waals surface area contributed by atoms with Gasteiger partial charge in [0.15, 0.2) is 23.0 Å². The lowest BCUT2D eigenvalue weighted by molar-refractivity contribution is 0.102. The van der Waals surface area contributed by atoms with Crippen LogP contribution in [-0.4, -0.2) is 32.8 Å². The molecule has 3 aromatic rings. The molecule has 7 heteroatoms. The molecule has 0 saturated carbocycles. The second kappa shape index (κ2) is 9.96. The fourth-order valence-corrected chi connectivity index (χ4v) is 3.35. The highest BCUT2D eigenvalue weighted by molar-refractivity contribution is 6.04. The summed E-state index contributed by atoms with van der Waals surface area (Å²) in [6.45, 7) is 3.64. The van der Waals surface area contributed by atoms with Crippen LogP contribution in [0.15, 0.2) is 60.7 Å². The van der Waals surface area contributed by atoms with Crippen LogP contribution < -0.4 is 29.0 Å². The van der Waals surface area contributed by atoms with Gasteiger partial charge in [0.1, 0.15) is 25.6 Å². The highest BCUT2D eigenvalue weighted by atomic mass is 16.6. The molecule has 0 radical (unpaired) electrons. The van der Waals surface area contributed by atoms with Crippen molar-refractivity contribution in [3.05, 3.63) is 71.8 Å². The molecule has 32 heavy (non-hydrogen) atoms. The third-order valence-electron chi connectivity index (χ3n) is 4.87. The molecule has 166 valence electrons. The van der Waals surface area contributed by atoms with Crippen LogP contribution in [0.25, 0.3) is 0 Å². The zero-order chi connectivity index (χ0) is 22.3. The zero-order valence-corrected chi connectivity index (χ0v) is 18.1. The number of anilines is 1. The zero-order valence-electron chi connectivity index (χ0n) is 18.1. The maximum Gasteiger partial charge on any atom is 0.255 e. The van der Waals surface area contributed by atoms with Crippen molar-refractivity contribution < 1.29 is 28.5 Å². The van der Waals surface area contributed by atoms with Gasteiger partial charge in [0.25, 0.3) is 5.91 Å². The largest absolute Gasteiger partial charge is 0.493 e. The molecule has 0 unspecified atom stereocenters. The number of carbonyl (C=O) groups is 1. The van der Waals surface area contributed by atoms with Crippen LogP contribution in [-0.2, 0) is 6.61 Å². The molecule has 1 aliphatic rings. The number of rotatable bonds is 8. The van der Waals surface area contributed by atoms with Crippen LogP contribution in [0.2, 0.25) is 0 Å². The quantitative estimate of drug-likeness (QED) is 0.553. The standard InChI is InChI=1S/C25H25NO6/c1-3-29-20-10-8-17(14-18(20)16-32-22-7-5-4-6-21(22)28-2)25(27)26-19-9-11-23-24(15-19)31-13-12-30-23/h4-11,14-15H,3,12-13,16H2,1-2H3,(H,26,27). The molecule has 1 heterocycles. The van der Waals surface area contributed by atoms with E-state index in [4.69, 9.17) is 23.7 Å². The summed E-state index contributed by atoms with van der Waals surface area (Å²) in [5, 5.41) is 2.90. The SMILES string of the molecule is CCOc1ccc(C(=O)Nc2ccc3c(c2)OCCO3)cc1COc1ccccc1OC. The van der Waals surface area contributed by atoms with Gasteiger partial charge < -0.3 is 29.0 Å². The van der Waals surface area contributed by atoms with Crippen molar-refractivity contribution in [3.63, 3.8) is 0 Å². The summed E-state index contributed by atoms with van der Waals surface area (Å²) >= 11 is 0. The molecular weight excluding hydrogens is 410 g/mol. The second-order valence-electron chi connectivity index (χ2n) is 7.01. The number of hydrogen-bond donors (Lipinski definition) is 1. The highest BCUT2D eigenvalue weighted by Gasteiger charge is 2.15. The van der Waals surface area contributed by atoms with Gasteiger partial charge in [0.2, 0.25) is 0 Å². The van der Waals surface area contributed by atoms with Crippen LogP contribution in [0.4, 0.5) is 5.69 Å². The van der Waals surface area contributed by atoms with Gasteiger partial charge in [0.05, 0.1) is 13.7 Å². The Balaban J connectivity index is 1.52. The van der Waals surface area contributed by atoms with Crippen molar-refractivity contribution in [3.8, 4) is 28.7 Å². The van der Waals surface area contributed by atoms with E-state index in [1.165, 1.54) is 0 Å². The summed E-state index contributed by atoms with van der Waals surface area (Å²) in [6.07, 6.45) is 0. The first-order valence-electron chi connectivity index (χ1n) is 10.4. The summed E-state index contributed by atoms with van der Waals surface area (Å²) in [7, 11) is 1.59. The molecule has 7 nitrogen and oxygen atoms in total. The summed E-state index contributed by atoms with van der Waals surface area (Å²) in [5.41, 5.74) is 1.87. The average Bonchev–Trinajstić information content (AvgIpc) is 2.83. The molecule has 1 amide bonds. The van der Waals surface area contributed by atoms with Crippen molar-refractivity contribution in [2.24, 2.45) is 0 Å². The normalized spacial score (nSPS) is 12.1. The fourth-order valence-electron chi connectivity index (χ4n) is 3.35. The molecule has 0 spiro atoms. The average molecular weight is 435 g/mol. The smallest absolute Gasteiger partial charge is 0.255 e. The van der Waals surface area contributed by atoms with Crippen LogP contribution in [0.3, 0.4) is 0 Å². The van der Waals surface area contributed by atoms with E-state index >= 15 is 0 Å². The van der Waals surface area contributed by atoms with E-state index in [1.54, 1.807) is 43.5 Å². The van der Waals surface area contributed by atoms with Gasteiger partial charge in [0, 0.05) is 22.9 Å². The lowest BCUT2D eigenvalue weighted by atomic mass is 10.1. The number of fused-ring (bicyclic) bond motifs is 1. The third-order valence-corrected chi connectivity index (χ3v) is 4.87. The highest BCUT2D eigenvalue weighted by Crippen LogP contribution is 2.33. The molecule has 3 aromatic carbocycles. The monoisotopic (exact) mass is 435 g/mol. The van der Waals surface area contributed by atoms with Gasteiger partial charge in [-0.05, 0) is 49.4 Å². The Labute approximate surface area is 186 Å². The van der Waals surface area contributed by atoms with Crippen molar-refractivity contribution in [2.45, 2.75) is 13.5 Å². The molecule has 4 rings (SSSR count). The van der Waals surface area contributed by atoms with E-state index in [9.17, 15) is 4.79 Å². The molecule has 0 fully saturated rings. The number of ether oxygens (including phenoxy) is 5. The van der Waals surface area contributed by atoms with E-state index in [0.717, 1.165) is 5.56 Å². The van der Waals surface area contributed by atoms with E-state index < -0.39 is 0 Å². The molecule has 0 atom stereocenters. The molecule has 0 saturated heterocycles. The van der Waals surface area contributed by atoms with E-state index in [2.05, 4.69) is 5.32 Å². The van der Waals surface area contributed by atoms with Crippen molar-refractivity contribution in [2.75, 3.05) is 32.2 Å². The molecule has 0 aliphatic carbocycles. The van der Waals surface area contributed by atoms with E-state index in [0.29, 0.717) is 59.8 Å². The predicted molar refractivity (Wildman–Crippen MR) is 120 cm³/mol. The number of methoxy groups -OCH3 is 1. The van der Waals surface area contributed by atoms with Crippen molar-refractivity contribution >= 4 is 11.6 Å². The minimum Gasteiger partial charge on any atom is -0.493 e. The summed E-state index contributed by atoms with van der Waals surface area (Å²) in [4.78, 5) is 12.9. The van der Waals surface area contributed by atoms with Crippen LogP contribution >= 0.6 is 0 Å². The van der Waals surface area contributed by atoms with Gasteiger partial charge in [-0.15, -0.1) is 0 Å². The lowest BCUT2D eigenvalue weighted by Gasteiger charge is -2.19. The molecule has 1 aliphatic heterocycles. The predicted octanol–water partition coefficient (Wildman–Crippen LogP) is 4.70. The van der Waals surface area contributed by atoms with Crippen molar-refractivity contribution in [1.29, 1.82) is 0 Å². The summed E-state index contributed by atoms with van der Waals surface area (Å²) in [6, 6.07) is 18.0. The second-order valence-corrected chi connectivity index (χ2v) is 7.01. The van der Waals surface area contributed by atoms with Crippen LogP contribution in [0, 0.1) is 0 Å². The van der Waals surface area contributed by atoms with Crippen LogP contribution in [0.1, 0.15) is 22.8 Å². The Morgan fingerprint density at radius 3 is 2.47 bits per heavy atom. The summed E-state index contributed by atoms with van der Waals surface area (Å²) < 4.78 is 28.1. The Kier molecular flexibility index (Phi) is 6.65. The number of benzene rings is 3. The minimum absolute atomic E-state index is 0.223. The Morgan fingerprint density at radius 1 is 0.906 bits per heavy atom. The Hall–Kier alpha value is -3.87. The van der Waals surface area contributed by atoms with Gasteiger partial charge >= 0.3 is 0 Å². The van der Waals surface area contributed by atoms with Crippen molar-refractivity contribution in [1.82, 2.24) is 0 Å². The number of nitrogens with one attached hydrogen (secondary N) is 1. The molecule has 1 N–H and O–H groups in total. The van der Waals surface area contributed by atoms with Gasteiger partial charge in [-0.25, -0.2) is 0 Å². The van der Waals surface area contributed by atoms with Crippen LogP contribution in [0.5, 0.6) is 28.7 Å². The molecular formula is C25H25NO6. The van der Waals surface area contributed by atoms with Gasteiger partial charge in [-0.3, -0.25) is 4.79 Å². The Morgan fingerprint density at radius 2 is 1.69 bits per heavy atom. The first-order chi connectivity index (χ1) is 15.7. The number of amides is 1. The fraction of sp³-hybridized carbons (Fsp3) is 0.240. The topological polar surface area (TPSA) is 75.3 Å². The maximum absolute atomic E-state index is 12.9. The van der Waals surface area contributed by atoms with E-state index in [-0.39, 0.29) is 12.5 Å². The van der Waals surface area contributed by atoms with E-state index in [1.807, 2.05) is 31.2 Å². The third kappa shape index (κ3) is 4.88. The minimum atomic E-state index is -0.247. The number of carbonyl (C=O) groups excluding carboxylic acids is 1. The first-order valence-corrected chi connectivity index (χ1v) is 10.4. The van der Waals surface area contributed by atoms with Gasteiger partial charge in [-0.2, -0.15) is 0 Å². The lowest BCUT2D eigenvalue weighted by Crippen LogP contribution is -2.16. The molecule has 0 bridgehead atoms. The summed E-state index contributed by atoms with van der Waals surface area (Å²) in [5.74, 6) is 2.96. The number of hydrogen-bond acceptors (Lipinski definition) is 6.